The summed E-state index contributed by atoms with van der Waals surface area (Å²) in [4.78, 5) is 26.5. The molecule has 2 heterocycles. The molecule has 4 nitrogen and oxygen atoms in total. The Morgan fingerprint density at radius 2 is 1.77 bits per heavy atom. The van der Waals surface area contributed by atoms with Crippen LogP contribution in [0.15, 0.2) is 0 Å². The Morgan fingerprint density at radius 1 is 1.14 bits per heavy atom. The zero-order valence-corrected chi connectivity index (χ0v) is 13.8. The average Bonchev–Trinajstić information content (AvgIpc) is 2.99. The number of nitrogens with one attached hydrogen (secondary N) is 1. The first-order valence-electron chi connectivity index (χ1n) is 8.86. The zero-order valence-electron chi connectivity index (χ0n) is 13.0. The Balaban J connectivity index is 1.40. The molecule has 1 N–H and O–H groups in total. The lowest BCUT2D eigenvalue weighted by Crippen LogP contribution is -2.64. The summed E-state index contributed by atoms with van der Waals surface area (Å²) in [6.07, 6.45) is 8.95. The lowest BCUT2D eigenvalue weighted by Gasteiger charge is -2.57. The summed E-state index contributed by atoms with van der Waals surface area (Å²) < 4.78 is 0. The molecule has 0 aromatic carbocycles. The summed E-state index contributed by atoms with van der Waals surface area (Å²) in [7, 11) is 0. The number of nitrogens with zero attached hydrogens (tertiary/aromatic N) is 1. The van der Waals surface area contributed by atoms with Gasteiger partial charge in [0.1, 0.15) is 0 Å². The first-order chi connectivity index (χ1) is 10.6. The van der Waals surface area contributed by atoms with Crippen LogP contribution in [0.25, 0.3) is 0 Å². The van der Waals surface area contributed by atoms with Crippen LogP contribution in [0.5, 0.6) is 0 Å². The van der Waals surface area contributed by atoms with E-state index >= 15 is 0 Å². The Bertz CT molecular complexity index is 513. The summed E-state index contributed by atoms with van der Waals surface area (Å²) in [5.41, 5.74) is 0.0566. The molecule has 22 heavy (non-hydrogen) atoms. The highest BCUT2D eigenvalue weighted by Gasteiger charge is 2.58. The fraction of sp³-hybridized carbons (Fsp3) is 0.882. The zero-order chi connectivity index (χ0) is 14.9. The molecule has 1 atom stereocenters. The first kappa shape index (κ1) is 13.7. The Hall–Kier alpha value is -0.710. The maximum atomic E-state index is 13.2. The molecule has 6 fully saturated rings. The van der Waals surface area contributed by atoms with E-state index in [0.29, 0.717) is 12.8 Å². The highest BCUT2D eigenvalue weighted by molar-refractivity contribution is 8.01. The van der Waals surface area contributed by atoms with E-state index in [4.69, 9.17) is 0 Å². The van der Waals surface area contributed by atoms with E-state index in [2.05, 4.69) is 5.32 Å². The first-order valence-corrected chi connectivity index (χ1v) is 9.84. The van der Waals surface area contributed by atoms with Crippen LogP contribution in [0.3, 0.4) is 0 Å². The maximum Gasteiger partial charge on any atom is 0.256 e. The van der Waals surface area contributed by atoms with E-state index in [1.54, 1.807) is 11.8 Å². The fourth-order valence-corrected chi connectivity index (χ4v) is 7.80. The molecule has 0 spiro atoms. The molecule has 0 unspecified atom stereocenters. The van der Waals surface area contributed by atoms with Gasteiger partial charge in [-0.05, 0) is 62.7 Å². The van der Waals surface area contributed by atoms with Crippen LogP contribution < -0.4 is 5.32 Å². The molecule has 0 aromatic heterocycles. The molecule has 2 saturated heterocycles. The number of amides is 2. The monoisotopic (exact) mass is 320 g/mol. The predicted molar refractivity (Wildman–Crippen MR) is 85.2 cm³/mol. The van der Waals surface area contributed by atoms with Crippen molar-refractivity contribution >= 4 is 23.6 Å². The summed E-state index contributed by atoms with van der Waals surface area (Å²) in [5, 5.41) is 3.50. The smallest absolute Gasteiger partial charge is 0.256 e. The number of thioether (sulfide) groups is 1. The number of rotatable bonds is 2. The van der Waals surface area contributed by atoms with Crippen molar-refractivity contribution in [3.8, 4) is 0 Å². The number of hydrogen-bond acceptors (Lipinski definition) is 3. The van der Waals surface area contributed by atoms with Crippen molar-refractivity contribution in [2.75, 3.05) is 12.3 Å². The van der Waals surface area contributed by atoms with Crippen molar-refractivity contribution in [1.82, 2.24) is 10.2 Å². The summed E-state index contributed by atoms with van der Waals surface area (Å²) in [5.74, 6) is 3.72. The third-order valence-corrected chi connectivity index (χ3v) is 8.32. The van der Waals surface area contributed by atoms with E-state index in [-0.39, 0.29) is 17.4 Å². The van der Waals surface area contributed by atoms with Crippen LogP contribution in [0.2, 0.25) is 0 Å². The van der Waals surface area contributed by atoms with E-state index < -0.39 is 4.87 Å². The Labute approximate surface area is 135 Å². The van der Waals surface area contributed by atoms with Crippen molar-refractivity contribution in [3.63, 3.8) is 0 Å². The maximum absolute atomic E-state index is 13.2. The van der Waals surface area contributed by atoms with Crippen LogP contribution in [0.1, 0.15) is 51.4 Å². The van der Waals surface area contributed by atoms with Gasteiger partial charge in [-0.1, -0.05) is 0 Å². The molecular formula is C17H24N2O2S. The molecule has 4 aliphatic carbocycles. The van der Waals surface area contributed by atoms with Gasteiger partial charge in [0, 0.05) is 24.3 Å². The van der Waals surface area contributed by atoms with Gasteiger partial charge in [-0.25, -0.2) is 0 Å². The minimum atomic E-state index is -0.569. The van der Waals surface area contributed by atoms with Gasteiger partial charge < -0.3 is 10.2 Å². The van der Waals surface area contributed by atoms with Crippen LogP contribution in [-0.2, 0) is 9.59 Å². The molecule has 6 aliphatic rings. The van der Waals surface area contributed by atoms with Crippen molar-refractivity contribution in [2.45, 2.75) is 61.8 Å². The molecule has 0 radical (unpaired) electrons. The quantitative estimate of drug-likeness (QED) is 0.848. The van der Waals surface area contributed by atoms with E-state index in [9.17, 15) is 9.59 Å². The van der Waals surface area contributed by atoms with Gasteiger partial charge in [-0.3, -0.25) is 9.59 Å². The SMILES string of the molecule is O=C1CC[C@]2(C(=O)NC34CC5CC(CC(C5)C3)C4)SCCN12. The third kappa shape index (κ3) is 1.78. The lowest BCUT2D eigenvalue weighted by molar-refractivity contribution is -0.139. The predicted octanol–water partition coefficient (Wildman–Crippen LogP) is 2.14. The van der Waals surface area contributed by atoms with Crippen molar-refractivity contribution in [3.05, 3.63) is 0 Å². The Kier molecular flexibility index (Phi) is 2.76. The van der Waals surface area contributed by atoms with E-state index in [0.717, 1.165) is 30.1 Å². The van der Waals surface area contributed by atoms with Crippen LogP contribution >= 0.6 is 11.8 Å². The van der Waals surface area contributed by atoms with Crippen molar-refractivity contribution in [1.29, 1.82) is 0 Å². The highest BCUT2D eigenvalue weighted by Crippen LogP contribution is 2.56. The van der Waals surface area contributed by atoms with E-state index in [1.807, 2.05) is 4.90 Å². The molecule has 2 aliphatic heterocycles. The molecule has 2 amide bonds. The van der Waals surface area contributed by atoms with Crippen molar-refractivity contribution in [2.24, 2.45) is 17.8 Å². The van der Waals surface area contributed by atoms with Crippen LogP contribution in [0.4, 0.5) is 0 Å². The topological polar surface area (TPSA) is 49.4 Å². The average molecular weight is 320 g/mol. The highest BCUT2D eigenvalue weighted by atomic mass is 32.2. The molecular weight excluding hydrogens is 296 g/mol. The minimum Gasteiger partial charge on any atom is -0.348 e. The molecule has 4 bridgehead atoms. The summed E-state index contributed by atoms with van der Waals surface area (Å²) >= 11 is 1.69. The fourth-order valence-electron chi connectivity index (χ4n) is 6.41. The normalized spacial score (nSPS) is 48.8. The van der Waals surface area contributed by atoms with Crippen molar-refractivity contribution < 1.29 is 9.59 Å². The van der Waals surface area contributed by atoms with Gasteiger partial charge >= 0.3 is 0 Å². The minimum absolute atomic E-state index is 0.0566. The molecule has 4 saturated carbocycles. The Morgan fingerprint density at radius 3 is 2.41 bits per heavy atom. The van der Waals surface area contributed by atoms with Gasteiger partial charge in [0.25, 0.3) is 5.91 Å². The van der Waals surface area contributed by atoms with Crippen LogP contribution in [-0.4, -0.2) is 39.4 Å². The van der Waals surface area contributed by atoms with Gasteiger partial charge in [-0.15, -0.1) is 11.8 Å². The molecule has 0 aromatic rings. The third-order valence-electron chi connectivity index (χ3n) is 6.84. The second-order valence-corrected chi connectivity index (χ2v) is 9.70. The van der Waals surface area contributed by atoms with Gasteiger partial charge in [0.2, 0.25) is 5.91 Å². The molecule has 5 heteroatoms. The summed E-state index contributed by atoms with van der Waals surface area (Å²) in [6.45, 7) is 0.748. The van der Waals surface area contributed by atoms with Gasteiger partial charge in [0.15, 0.2) is 4.87 Å². The van der Waals surface area contributed by atoms with Gasteiger partial charge in [0.05, 0.1) is 0 Å². The van der Waals surface area contributed by atoms with Gasteiger partial charge in [-0.2, -0.15) is 0 Å². The number of hydrogen-bond donors (Lipinski definition) is 1. The van der Waals surface area contributed by atoms with Crippen LogP contribution in [0, 0.1) is 17.8 Å². The standard InChI is InChI=1S/C17H24N2O2S/c20-14-1-2-17(19(14)3-4-22-17)15(21)18-16-8-11-5-12(9-16)7-13(6-11)10-16/h11-13H,1-10H2,(H,18,21)/t11?,12?,13?,16?,17-/m1/s1. The number of carbonyl (C=O) groups excluding carboxylic acids is 2. The molecule has 6 rings (SSSR count). The summed E-state index contributed by atoms with van der Waals surface area (Å²) in [6, 6.07) is 0. The number of carbonyl (C=O) groups is 2. The second kappa shape index (κ2) is 4.43. The number of fused-ring (bicyclic) bond motifs is 1. The van der Waals surface area contributed by atoms with E-state index in [1.165, 1.54) is 38.5 Å². The molecule has 120 valence electrons. The lowest BCUT2D eigenvalue weighted by atomic mass is 9.53. The second-order valence-electron chi connectivity index (χ2n) is 8.33. The largest absolute Gasteiger partial charge is 0.348 e.